The monoisotopic (exact) mass is 403 g/mol. The van der Waals surface area contributed by atoms with Gasteiger partial charge in [0, 0.05) is 35.8 Å². The van der Waals surface area contributed by atoms with Gasteiger partial charge in [0.2, 0.25) is 5.91 Å². The summed E-state index contributed by atoms with van der Waals surface area (Å²) < 4.78 is 31.0. The molecular weight excluding hydrogens is 380 g/mol. The summed E-state index contributed by atoms with van der Waals surface area (Å²) in [4.78, 5) is 25.7. The Bertz CT molecular complexity index is 919. The maximum Gasteiger partial charge on any atom is 0.356 e. The SMILES string of the molecule is O=C(O)c1nn(CC(=O)N2CCC(C(F)(F)c3ccccc3)CC2)c2c1CCC2. The van der Waals surface area contributed by atoms with Gasteiger partial charge < -0.3 is 10.0 Å². The Morgan fingerprint density at radius 1 is 1.14 bits per heavy atom. The molecule has 6 nitrogen and oxygen atoms in total. The number of aromatic nitrogens is 2. The molecule has 0 bridgehead atoms. The van der Waals surface area contributed by atoms with Crippen LogP contribution < -0.4 is 0 Å². The highest BCUT2D eigenvalue weighted by Crippen LogP contribution is 2.41. The highest BCUT2D eigenvalue weighted by molar-refractivity contribution is 5.87. The number of aromatic carboxylic acids is 1. The molecule has 0 unspecified atom stereocenters. The summed E-state index contributed by atoms with van der Waals surface area (Å²) >= 11 is 0. The van der Waals surface area contributed by atoms with Gasteiger partial charge in [0.1, 0.15) is 6.54 Å². The number of likely N-dealkylation sites (tertiary alicyclic amines) is 1. The van der Waals surface area contributed by atoms with Crippen LogP contribution in [0.2, 0.25) is 0 Å². The number of nitrogens with zero attached hydrogens (tertiary/aromatic N) is 3. The van der Waals surface area contributed by atoms with Crippen LogP contribution in [0.15, 0.2) is 30.3 Å². The zero-order chi connectivity index (χ0) is 20.6. The lowest BCUT2D eigenvalue weighted by atomic mass is 9.86. The van der Waals surface area contributed by atoms with Crippen LogP contribution in [0.4, 0.5) is 8.78 Å². The third kappa shape index (κ3) is 3.63. The molecule has 1 amide bonds. The van der Waals surface area contributed by atoms with E-state index >= 15 is 0 Å². The molecule has 1 fully saturated rings. The van der Waals surface area contributed by atoms with Crippen LogP contribution in [0.3, 0.4) is 0 Å². The number of carbonyl (C=O) groups is 2. The van der Waals surface area contributed by atoms with E-state index in [0.717, 1.165) is 12.1 Å². The average Bonchev–Trinajstić information content (AvgIpc) is 3.32. The Labute approximate surface area is 167 Å². The first-order valence-electron chi connectivity index (χ1n) is 9.91. The predicted molar refractivity (Wildman–Crippen MR) is 101 cm³/mol. The second kappa shape index (κ2) is 7.57. The van der Waals surface area contributed by atoms with Crippen LogP contribution >= 0.6 is 0 Å². The minimum absolute atomic E-state index is 0.0121. The Morgan fingerprint density at radius 2 is 1.83 bits per heavy atom. The quantitative estimate of drug-likeness (QED) is 0.833. The summed E-state index contributed by atoms with van der Waals surface area (Å²) in [5, 5.41) is 13.4. The van der Waals surface area contributed by atoms with Gasteiger partial charge in [-0.1, -0.05) is 30.3 Å². The topological polar surface area (TPSA) is 75.4 Å². The summed E-state index contributed by atoms with van der Waals surface area (Å²) in [6, 6.07) is 7.81. The fourth-order valence-corrected chi connectivity index (χ4v) is 4.43. The van der Waals surface area contributed by atoms with Crippen molar-refractivity contribution in [1.29, 1.82) is 0 Å². The number of carbonyl (C=O) groups excluding carboxylic acids is 1. The van der Waals surface area contributed by atoms with Crippen molar-refractivity contribution in [2.45, 2.75) is 44.6 Å². The van der Waals surface area contributed by atoms with E-state index < -0.39 is 17.8 Å². The molecule has 1 saturated heterocycles. The first kappa shape index (κ1) is 19.5. The first-order chi connectivity index (χ1) is 13.9. The van der Waals surface area contributed by atoms with Crippen molar-refractivity contribution in [2.24, 2.45) is 5.92 Å². The van der Waals surface area contributed by atoms with E-state index in [1.54, 1.807) is 23.1 Å². The normalized spacial score (nSPS) is 17.4. The van der Waals surface area contributed by atoms with Gasteiger partial charge in [-0.25, -0.2) is 13.6 Å². The molecule has 8 heteroatoms. The number of fused-ring (bicyclic) bond motifs is 1. The van der Waals surface area contributed by atoms with Crippen molar-refractivity contribution in [1.82, 2.24) is 14.7 Å². The van der Waals surface area contributed by atoms with Gasteiger partial charge in [0.15, 0.2) is 5.69 Å². The average molecular weight is 403 g/mol. The highest BCUT2D eigenvalue weighted by Gasteiger charge is 2.43. The van der Waals surface area contributed by atoms with Crippen molar-refractivity contribution >= 4 is 11.9 Å². The fourth-order valence-electron chi connectivity index (χ4n) is 4.43. The number of carboxylic acids is 1. The molecule has 1 aliphatic carbocycles. The van der Waals surface area contributed by atoms with Crippen LogP contribution in [0, 0.1) is 5.92 Å². The Morgan fingerprint density at radius 3 is 2.48 bits per heavy atom. The smallest absolute Gasteiger partial charge is 0.356 e. The molecule has 1 N–H and O–H groups in total. The van der Waals surface area contributed by atoms with E-state index in [4.69, 9.17) is 0 Å². The number of hydrogen-bond donors (Lipinski definition) is 1. The Balaban J connectivity index is 1.40. The van der Waals surface area contributed by atoms with Crippen LogP contribution in [-0.2, 0) is 30.1 Å². The Kier molecular flexibility index (Phi) is 5.10. The van der Waals surface area contributed by atoms with Crippen LogP contribution in [-0.4, -0.2) is 44.8 Å². The number of rotatable bonds is 5. The maximum absolute atomic E-state index is 14.8. The molecule has 2 aromatic rings. The van der Waals surface area contributed by atoms with Crippen molar-refractivity contribution in [3.8, 4) is 0 Å². The molecule has 0 spiro atoms. The minimum atomic E-state index is -2.92. The van der Waals surface area contributed by atoms with Gasteiger partial charge in [0.05, 0.1) is 0 Å². The summed E-state index contributed by atoms with van der Waals surface area (Å²) in [6.45, 7) is 0.484. The zero-order valence-corrected chi connectivity index (χ0v) is 16.0. The number of halogens is 2. The van der Waals surface area contributed by atoms with Crippen LogP contribution in [0.5, 0.6) is 0 Å². The third-order valence-corrected chi connectivity index (χ3v) is 6.01. The molecule has 0 radical (unpaired) electrons. The van der Waals surface area contributed by atoms with Crippen molar-refractivity contribution in [3.05, 3.63) is 52.8 Å². The molecule has 2 aliphatic rings. The van der Waals surface area contributed by atoms with Gasteiger partial charge in [0.25, 0.3) is 5.92 Å². The van der Waals surface area contributed by atoms with E-state index in [0.29, 0.717) is 18.4 Å². The van der Waals surface area contributed by atoms with E-state index in [-0.39, 0.29) is 49.6 Å². The largest absolute Gasteiger partial charge is 0.476 e. The molecule has 154 valence electrons. The molecule has 1 aromatic carbocycles. The molecular formula is C21H23F2N3O3. The van der Waals surface area contributed by atoms with Gasteiger partial charge in [-0.3, -0.25) is 9.48 Å². The molecule has 4 rings (SSSR count). The minimum Gasteiger partial charge on any atom is -0.476 e. The number of alkyl halides is 2. The second-order valence-corrected chi connectivity index (χ2v) is 7.73. The van der Waals surface area contributed by atoms with Gasteiger partial charge in [-0.15, -0.1) is 0 Å². The molecule has 2 heterocycles. The van der Waals surface area contributed by atoms with Crippen LogP contribution in [0.1, 0.15) is 46.6 Å². The number of piperidine rings is 1. The van der Waals surface area contributed by atoms with E-state index in [1.807, 2.05) is 0 Å². The lowest BCUT2D eigenvalue weighted by Gasteiger charge is -2.36. The lowest BCUT2D eigenvalue weighted by Crippen LogP contribution is -2.43. The standard InChI is InChI=1S/C21H23F2N3O3/c22-21(23,14-5-2-1-3-6-14)15-9-11-25(12-10-15)18(27)13-26-17-8-4-7-16(17)19(24-26)20(28)29/h1-3,5-6,15H,4,7-13H2,(H,28,29). The van der Waals surface area contributed by atoms with Crippen LogP contribution in [0.25, 0.3) is 0 Å². The van der Waals surface area contributed by atoms with E-state index in [9.17, 15) is 23.5 Å². The van der Waals surface area contributed by atoms with Crippen molar-refractivity contribution in [2.75, 3.05) is 13.1 Å². The van der Waals surface area contributed by atoms with Crippen molar-refractivity contribution in [3.63, 3.8) is 0 Å². The fraction of sp³-hybridized carbons (Fsp3) is 0.476. The molecule has 1 aromatic heterocycles. The summed E-state index contributed by atoms with van der Waals surface area (Å²) in [7, 11) is 0. The van der Waals surface area contributed by atoms with Gasteiger partial charge in [-0.05, 0) is 32.1 Å². The maximum atomic E-state index is 14.8. The molecule has 1 aliphatic heterocycles. The van der Waals surface area contributed by atoms with E-state index in [1.165, 1.54) is 16.8 Å². The molecule has 0 saturated carbocycles. The highest BCUT2D eigenvalue weighted by atomic mass is 19.3. The van der Waals surface area contributed by atoms with Gasteiger partial charge >= 0.3 is 5.97 Å². The number of hydrogen-bond acceptors (Lipinski definition) is 3. The summed E-state index contributed by atoms with van der Waals surface area (Å²) in [5.74, 6) is -5.02. The first-order valence-corrected chi connectivity index (χ1v) is 9.91. The zero-order valence-electron chi connectivity index (χ0n) is 16.0. The van der Waals surface area contributed by atoms with Gasteiger partial charge in [-0.2, -0.15) is 5.10 Å². The van der Waals surface area contributed by atoms with E-state index in [2.05, 4.69) is 5.10 Å². The number of benzene rings is 1. The van der Waals surface area contributed by atoms with Crippen molar-refractivity contribution < 1.29 is 23.5 Å². The summed E-state index contributed by atoms with van der Waals surface area (Å²) in [5.41, 5.74) is 1.55. The predicted octanol–water partition coefficient (Wildman–Crippen LogP) is 3.10. The number of carboxylic acid groups (broad SMARTS) is 1. The third-order valence-electron chi connectivity index (χ3n) is 6.01. The second-order valence-electron chi connectivity index (χ2n) is 7.73. The number of amides is 1. The molecule has 29 heavy (non-hydrogen) atoms. The Hall–Kier alpha value is -2.77. The molecule has 0 atom stereocenters. The lowest BCUT2D eigenvalue weighted by molar-refractivity contribution is -0.137. The summed E-state index contributed by atoms with van der Waals surface area (Å²) in [6.07, 6.45) is 2.66.